The number of hydrogen-bond donors (Lipinski definition) is 3. The van der Waals surface area contributed by atoms with E-state index in [0.29, 0.717) is 27.7 Å². The lowest BCUT2D eigenvalue weighted by molar-refractivity contribution is -0.145. The van der Waals surface area contributed by atoms with Crippen molar-refractivity contribution in [3.63, 3.8) is 0 Å². The minimum atomic E-state index is -0.951. The van der Waals surface area contributed by atoms with Gasteiger partial charge in [0.1, 0.15) is 12.1 Å². The molecule has 0 aromatic heterocycles. The van der Waals surface area contributed by atoms with Gasteiger partial charge >= 0.3 is 0 Å². The molecule has 11 heteroatoms. The Labute approximate surface area is 268 Å². The van der Waals surface area contributed by atoms with E-state index >= 15 is 0 Å². The summed E-state index contributed by atoms with van der Waals surface area (Å²) in [5, 5.41) is 6.40. The van der Waals surface area contributed by atoms with Crippen molar-refractivity contribution < 1.29 is 19.2 Å². The molecule has 4 N–H and O–H groups in total. The van der Waals surface area contributed by atoms with Crippen LogP contribution in [-0.4, -0.2) is 65.1 Å². The van der Waals surface area contributed by atoms with Crippen LogP contribution in [0.1, 0.15) is 68.1 Å². The second kappa shape index (κ2) is 13.9. The molecule has 9 nitrogen and oxygen atoms in total. The number of benzene rings is 2. The fourth-order valence-electron chi connectivity index (χ4n) is 6.72. The Hall–Kier alpha value is -3.14. The predicted molar refractivity (Wildman–Crippen MR) is 171 cm³/mol. The fraction of sp³-hybridized carbons (Fsp3) is 0.515. The van der Waals surface area contributed by atoms with Crippen molar-refractivity contribution in [3.05, 3.63) is 63.1 Å². The van der Waals surface area contributed by atoms with Crippen molar-refractivity contribution >= 4 is 52.5 Å². The molecule has 2 aliphatic heterocycles. The number of carbonyl (C=O) groups excluding carboxylic acids is 4. The molecule has 0 bridgehead atoms. The highest BCUT2D eigenvalue weighted by Gasteiger charge is 2.42. The second-order valence-electron chi connectivity index (χ2n) is 12.4. The minimum Gasteiger partial charge on any atom is -0.342 e. The fourth-order valence-corrected chi connectivity index (χ4v) is 7.14. The first-order chi connectivity index (χ1) is 21.1. The third-order valence-electron chi connectivity index (χ3n) is 9.52. The summed E-state index contributed by atoms with van der Waals surface area (Å²) in [7, 11) is 0. The molecule has 4 amide bonds. The number of rotatable bonds is 9. The van der Waals surface area contributed by atoms with Gasteiger partial charge in [0.25, 0.3) is 0 Å². The highest BCUT2D eigenvalue weighted by molar-refractivity contribution is 6.38. The number of nitrogens with two attached hydrogens (primary N) is 1. The normalized spacial score (nSPS) is 19.5. The number of hydrogen-bond acceptors (Lipinski definition) is 5. The maximum atomic E-state index is 13.8. The number of nitrogens with zero attached hydrogens (tertiary/aromatic N) is 2. The van der Waals surface area contributed by atoms with E-state index in [1.165, 1.54) is 25.7 Å². The van der Waals surface area contributed by atoms with Gasteiger partial charge in [-0.3, -0.25) is 19.2 Å². The van der Waals surface area contributed by atoms with Crippen molar-refractivity contribution in [2.24, 2.45) is 11.1 Å². The number of amides is 4. The van der Waals surface area contributed by atoms with Crippen LogP contribution < -0.4 is 16.4 Å². The molecule has 236 valence electrons. The van der Waals surface area contributed by atoms with Crippen LogP contribution in [0.4, 0.5) is 5.69 Å². The Morgan fingerprint density at radius 1 is 1.00 bits per heavy atom. The summed E-state index contributed by atoms with van der Waals surface area (Å²) in [5.74, 6) is -1.18. The van der Waals surface area contributed by atoms with Gasteiger partial charge in [0, 0.05) is 43.9 Å². The molecule has 1 spiro atoms. The van der Waals surface area contributed by atoms with Crippen LogP contribution in [-0.2, 0) is 32.1 Å². The lowest BCUT2D eigenvalue weighted by atomic mass is 9.64. The van der Waals surface area contributed by atoms with Gasteiger partial charge in [0.15, 0.2) is 0 Å². The highest BCUT2D eigenvalue weighted by atomic mass is 35.5. The number of halogens is 2. The quantitative estimate of drug-likeness (QED) is 0.369. The molecule has 1 saturated heterocycles. The van der Waals surface area contributed by atoms with Crippen molar-refractivity contribution in [1.82, 2.24) is 15.1 Å². The first-order valence-electron chi connectivity index (χ1n) is 15.5. The zero-order chi connectivity index (χ0) is 31.4. The molecule has 2 aromatic carbocycles. The number of fused-ring (bicyclic) bond motifs is 1. The van der Waals surface area contributed by atoms with Crippen molar-refractivity contribution in [2.75, 3.05) is 25.0 Å². The van der Waals surface area contributed by atoms with Gasteiger partial charge < -0.3 is 26.2 Å². The lowest BCUT2D eigenvalue weighted by Crippen LogP contribution is -2.56. The third-order valence-corrected chi connectivity index (χ3v) is 10.4. The van der Waals surface area contributed by atoms with Gasteiger partial charge in [-0.15, -0.1) is 0 Å². The van der Waals surface area contributed by atoms with Crippen LogP contribution in [0.15, 0.2) is 36.4 Å². The van der Waals surface area contributed by atoms with E-state index in [4.69, 9.17) is 28.9 Å². The van der Waals surface area contributed by atoms with Crippen LogP contribution in [0.3, 0.4) is 0 Å². The molecule has 0 radical (unpaired) electrons. The molecule has 2 fully saturated rings. The van der Waals surface area contributed by atoms with Crippen LogP contribution in [0.5, 0.6) is 0 Å². The Morgan fingerprint density at radius 2 is 1.70 bits per heavy atom. The Balaban J connectivity index is 1.27. The average molecular weight is 643 g/mol. The molecule has 3 aliphatic rings. The van der Waals surface area contributed by atoms with Crippen LogP contribution >= 0.6 is 23.2 Å². The number of likely N-dealkylation sites (tertiary alicyclic amines) is 1. The standard InChI is InChI=1S/C33H41Cl2N5O4/c1-21-24(34)8-9-25(30(21)35)37-31(43)26(12-16-36)38-32(44)27-18-22-6-2-3-7-23(22)19-40(27)29(42)11-10-28(41)39-17-5-15-33(20-39)13-4-14-33/h2-3,6-9,26-27H,4-5,10-20,36H2,1H3,(H,37,43)(H,38,44)/t26-,27-/m0/s1. The van der Waals surface area contributed by atoms with Crippen LogP contribution in [0.25, 0.3) is 0 Å². The molecule has 2 heterocycles. The summed E-state index contributed by atoms with van der Waals surface area (Å²) in [6, 6.07) is 9.16. The van der Waals surface area contributed by atoms with Gasteiger partial charge in [-0.2, -0.15) is 0 Å². The maximum Gasteiger partial charge on any atom is 0.247 e. The first-order valence-corrected chi connectivity index (χ1v) is 16.3. The minimum absolute atomic E-state index is 0.00138. The summed E-state index contributed by atoms with van der Waals surface area (Å²) in [6.07, 6.45) is 6.38. The zero-order valence-corrected chi connectivity index (χ0v) is 26.7. The van der Waals surface area contributed by atoms with E-state index in [-0.39, 0.29) is 49.6 Å². The van der Waals surface area contributed by atoms with E-state index in [1.54, 1.807) is 24.0 Å². The zero-order valence-electron chi connectivity index (χ0n) is 25.2. The molecule has 1 aliphatic carbocycles. The monoisotopic (exact) mass is 641 g/mol. The molecule has 2 atom stereocenters. The molecule has 0 unspecified atom stereocenters. The average Bonchev–Trinajstić information content (AvgIpc) is 3.02. The van der Waals surface area contributed by atoms with Crippen LogP contribution in [0.2, 0.25) is 10.0 Å². The summed E-state index contributed by atoms with van der Waals surface area (Å²) in [6.45, 7) is 3.68. The Morgan fingerprint density at radius 3 is 2.41 bits per heavy atom. The summed E-state index contributed by atoms with van der Waals surface area (Å²) in [4.78, 5) is 57.3. The SMILES string of the molecule is Cc1c(Cl)ccc(NC(=O)[C@H](CCN)NC(=O)[C@@H]2Cc3ccccc3CN2C(=O)CCC(=O)N2CCCC3(CCC3)C2)c1Cl. The lowest BCUT2D eigenvalue weighted by Gasteiger charge is -2.49. The maximum absolute atomic E-state index is 13.8. The number of piperidine rings is 1. The van der Waals surface area contributed by atoms with Gasteiger partial charge in [0.2, 0.25) is 23.6 Å². The van der Waals surface area contributed by atoms with Crippen molar-refractivity contribution in [3.8, 4) is 0 Å². The van der Waals surface area contributed by atoms with Gasteiger partial charge in [-0.05, 0) is 79.8 Å². The molecular formula is C33H41Cl2N5O4. The third kappa shape index (κ3) is 7.05. The van der Waals surface area contributed by atoms with E-state index < -0.39 is 23.9 Å². The summed E-state index contributed by atoms with van der Waals surface area (Å²) in [5.41, 5.74) is 9.02. The summed E-state index contributed by atoms with van der Waals surface area (Å²) < 4.78 is 0. The number of nitrogens with one attached hydrogen (secondary N) is 2. The second-order valence-corrected chi connectivity index (χ2v) is 13.2. The van der Waals surface area contributed by atoms with Gasteiger partial charge in [0.05, 0.1) is 10.7 Å². The number of anilines is 1. The van der Waals surface area contributed by atoms with E-state index in [2.05, 4.69) is 10.6 Å². The van der Waals surface area contributed by atoms with E-state index in [0.717, 1.165) is 30.6 Å². The van der Waals surface area contributed by atoms with Crippen molar-refractivity contribution in [1.29, 1.82) is 0 Å². The Kier molecular flexibility index (Phi) is 10.2. The molecule has 1 saturated carbocycles. The summed E-state index contributed by atoms with van der Waals surface area (Å²) >= 11 is 12.5. The van der Waals surface area contributed by atoms with E-state index in [1.807, 2.05) is 29.2 Å². The largest absolute Gasteiger partial charge is 0.342 e. The molecule has 5 rings (SSSR count). The molecular weight excluding hydrogens is 601 g/mol. The first kappa shape index (κ1) is 32.3. The van der Waals surface area contributed by atoms with Crippen molar-refractivity contribution in [2.45, 2.75) is 83.3 Å². The molecule has 44 heavy (non-hydrogen) atoms. The van der Waals surface area contributed by atoms with Crippen LogP contribution in [0, 0.1) is 12.3 Å². The number of carbonyl (C=O) groups is 4. The topological polar surface area (TPSA) is 125 Å². The molecule has 2 aromatic rings. The van der Waals surface area contributed by atoms with Gasteiger partial charge in [-0.1, -0.05) is 53.9 Å². The highest BCUT2D eigenvalue weighted by Crippen LogP contribution is 2.47. The smallest absolute Gasteiger partial charge is 0.247 e. The van der Waals surface area contributed by atoms with E-state index in [9.17, 15) is 19.2 Å². The Bertz CT molecular complexity index is 1430. The predicted octanol–water partition coefficient (Wildman–Crippen LogP) is 4.60. The van der Waals surface area contributed by atoms with Gasteiger partial charge in [-0.25, -0.2) is 0 Å².